The molecule has 0 spiro atoms. The van der Waals surface area contributed by atoms with E-state index in [1.165, 1.54) is 5.56 Å². The third-order valence-corrected chi connectivity index (χ3v) is 5.35. The van der Waals surface area contributed by atoms with Crippen molar-refractivity contribution < 1.29 is 9.59 Å². The average Bonchev–Trinajstić information content (AvgIpc) is 2.97. The third kappa shape index (κ3) is 5.45. The zero-order valence-corrected chi connectivity index (χ0v) is 16.4. The highest BCUT2D eigenvalue weighted by molar-refractivity contribution is 7.99. The van der Waals surface area contributed by atoms with Crippen LogP contribution in [0.25, 0.3) is 0 Å². The van der Waals surface area contributed by atoms with Gasteiger partial charge in [-0.15, -0.1) is 11.8 Å². The number of carbonyl (C=O) groups is 2. The Kier molecular flexibility index (Phi) is 6.63. The van der Waals surface area contributed by atoms with Crippen molar-refractivity contribution in [2.24, 2.45) is 5.41 Å². The number of nitrogens with one attached hydrogen (secondary N) is 1. The first-order valence-electron chi connectivity index (χ1n) is 8.06. The summed E-state index contributed by atoms with van der Waals surface area (Å²) in [6.07, 6.45) is 2.53. The van der Waals surface area contributed by atoms with E-state index in [0.717, 1.165) is 11.4 Å². The second-order valence-corrected chi connectivity index (χ2v) is 9.10. The van der Waals surface area contributed by atoms with Crippen molar-refractivity contribution in [1.29, 1.82) is 0 Å². The molecule has 1 aliphatic heterocycles. The van der Waals surface area contributed by atoms with Gasteiger partial charge in [-0.2, -0.15) is 11.8 Å². The normalized spacial score (nSPS) is 17.8. The fraction of sp³-hybridized carbons (Fsp3) is 0.556. The van der Waals surface area contributed by atoms with Crippen LogP contribution >= 0.6 is 23.5 Å². The van der Waals surface area contributed by atoms with Crippen LogP contribution in [0.15, 0.2) is 24.3 Å². The van der Waals surface area contributed by atoms with Gasteiger partial charge in [0.1, 0.15) is 6.04 Å². The summed E-state index contributed by atoms with van der Waals surface area (Å²) in [5.41, 5.74) is 1.95. The second-order valence-electron chi connectivity index (χ2n) is 7.24. The lowest BCUT2D eigenvalue weighted by Gasteiger charge is -2.26. The topological polar surface area (TPSA) is 49.4 Å². The third-order valence-electron chi connectivity index (χ3n) is 3.72. The summed E-state index contributed by atoms with van der Waals surface area (Å²) in [6.45, 7) is 6.12. The van der Waals surface area contributed by atoms with Gasteiger partial charge in [0.15, 0.2) is 0 Å². The minimum Gasteiger partial charge on any atom is -0.324 e. The Hall–Kier alpha value is -1.14. The first kappa shape index (κ1) is 19.2. The molecule has 1 N–H and O–H groups in total. The molecule has 1 aliphatic rings. The van der Waals surface area contributed by atoms with Gasteiger partial charge in [0.2, 0.25) is 11.8 Å². The van der Waals surface area contributed by atoms with Crippen LogP contribution in [0.1, 0.15) is 32.8 Å². The predicted octanol–water partition coefficient (Wildman–Crippen LogP) is 3.83. The number of nitrogens with zero attached hydrogens (tertiary/aromatic N) is 1. The average molecular weight is 367 g/mol. The van der Waals surface area contributed by atoms with Gasteiger partial charge in [-0.3, -0.25) is 9.59 Å². The number of hydrogen-bond acceptors (Lipinski definition) is 4. The number of benzene rings is 1. The van der Waals surface area contributed by atoms with Gasteiger partial charge in [-0.1, -0.05) is 32.9 Å². The van der Waals surface area contributed by atoms with Gasteiger partial charge in [0.05, 0.1) is 5.88 Å². The minimum atomic E-state index is -0.379. The van der Waals surface area contributed by atoms with Crippen molar-refractivity contribution in [2.45, 2.75) is 39.0 Å². The van der Waals surface area contributed by atoms with Crippen LogP contribution in [0.4, 0.5) is 5.69 Å². The maximum absolute atomic E-state index is 12.6. The van der Waals surface area contributed by atoms with Crippen LogP contribution in [-0.4, -0.2) is 40.6 Å². The van der Waals surface area contributed by atoms with Crippen molar-refractivity contribution in [2.75, 3.05) is 23.2 Å². The maximum Gasteiger partial charge on any atom is 0.248 e. The van der Waals surface area contributed by atoms with E-state index in [-0.39, 0.29) is 23.3 Å². The molecule has 0 radical (unpaired) electrons. The molecule has 1 atom stereocenters. The first-order chi connectivity index (χ1) is 11.3. The van der Waals surface area contributed by atoms with Crippen LogP contribution in [-0.2, 0) is 15.3 Å². The quantitative estimate of drug-likeness (QED) is 0.860. The molecule has 0 aromatic heterocycles. The van der Waals surface area contributed by atoms with Gasteiger partial charge >= 0.3 is 0 Å². The fourth-order valence-electron chi connectivity index (χ4n) is 2.54. The number of thioether (sulfide) groups is 2. The predicted molar refractivity (Wildman–Crippen MR) is 104 cm³/mol. The van der Waals surface area contributed by atoms with Crippen LogP contribution < -0.4 is 5.32 Å². The second kappa shape index (κ2) is 8.30. The van der Waals surface area contributed by atoms with Gasteiger partial charge in [-0.25, -0.2) is 0 Å². The van der Waals surface area contributed by atoms with E-state index in [1.54, 1.807) is 28.4 Å². The molecule has 2 amide bonds. The molecule has 2 rings (SSSR count). The Morgan fingerprint density at radius 2 is 1.96 bits per heavy atom. The summed E-state index contributed by atoms with van der Waals surface area (Å²) in [5, 5.41) is 2.95. The van der Waals surface area contributed by atoms with Crippen molar-refractivity contribution >= 4 is 41.0 Å². The number of hydrogen-bond donors (Lipinski definition) is 1. The van der Waals surface area contributed by atoms with Crippen LogP contribution in [0.5, 0.6) is 0 Å². The number of carbonyl (C=O) groups excluding carboxylic acids is 2. The Morgan fingerprint density at radius 1 is 1.29 bits per heavy atom. The summed E-state index contributed by atoms with van der Waals surface area (Å²) in [6, 6.07) is 7.52. The molecule has 1 aromatic carbocycles. The lowest BCUT2D eigenvalue weighted by molar-refractivity contribution is -0.137. The molecule has 132 valence electrons. The standard InChI is InChI=1S/C18H26N2O2S2/c1-18(2,3)9-16(21)20-12-24-11-15(20)17(22)19-14-7-5-13(6-8-14)10-23-4/h5-8,15H,9-12H2,1-4H3,(H,19,22). The molecule has 0 aliphatic carbocycles. The van der Waals surface area contributed by atoms with E-state index in [9.17, 15) is 9.59 Å². The molecule has 1 aromatic rings. The van der Waals surface area contributed by atoms with Crippen LogP contribution in [0.3, 0.4) is 0 Å². The zero-order chi connectivity index (χ0) is 17.7. The first-order valence-corrected chi connectivity index (χ1v) is 10.6. The van der Waals surface area contributed by atoms with Crippen molar-refractivity contribution in [3.63, 3.8) is 0 Å². The number of rotatable bonds is 5. The lowest BCUT2D eigenvalue weighted by Crippen LogP contribution is -2.45. The largest absolute Gasteiger partial charge is 0.324 e. The summed E-state index contributed by atoms with van der Waals surface area (Å²) in [7, 11) is 0. The molecule has 0 saturated carbocycles. The Balaban J connectivity index is 1.98. The molecular weight excluding hydrogens is 340 g/mol. The summed E-state index contributed by atoms with van der Waals surface area (Å²) >= 11 is 3.40. The number of amides is 2. The molecule has 1 fully saturated rings. The van der Waals surface area contributed by atoms with Crippen LogP contribution in [0, 0.1) is 5.41 Å². The smallest absolute Gasteiger partial charge is 0.248 e. The molecule has 4 nitrogen and oxygen atoms in total. The molecule has 1 unspecified atom stereocenters. The molecule has 6 heteroatoms. The van der Waals surface area contributed by atoms with E-state index < -0.39 is 0 Å². The van der Waals surface area contributed by atoms with Gasteiger partial charge < -0.3 is 10.2 Å². The Bertz CT molecular complexity index is 582. The van der Waals surface area contributed by atoms with Crippen molar-refractivity contribution in [1.82, 2.24) is 4.90 Å². The van der Waals surface area contributed by atoms with Crippen LogP contribution in [0.2, 0.25) is 0 Å². The zero-order valence-electron chi connectivity index (χ0n) is 14.8. The SMILES string of the molecule is CSCc1ccc(NC(=O)C2CSCN2C(=O)CC(C)(C)C)cc1. The highest BCUT2D eigenvalue weighted by Crippen LogP contribution is 2.27. The van der Waals surface area contributed by atoms with E-state index in [2.05, 4.69) is 11.6 Å². The Morgan fingerprint density at radius 3 is 2.54 bits per heavy atom. The van der Waals surface area contributed by atoms with Crippen molar-refractivity contribution in [3.8, 4) is 0 Å². The minimum absolute atomic E-state index is 0.0583. The highest BCUT2D eigenvalue weighted by Gasteiger charge is 2.35. The molecule has 0 bridgehead atoms. The van der Waals surface area contributed by atoms with E-state index in [1.807, 2.05) is 45.0 Å². The van der Waals surface area contributed by atoms with Gasteiger partial charge in [0.25, 0.3) is 0 Å². The lowest BCUT2D eigenvalue weighted by atomic mass is 9.91. The molecule has 24 heavy (non-hydrogen) atoms. The van der Waals surface area contributed by atoms with E-state index in [0.29, 0.717) is 18.1 Å². The van der Waals surface area contributed by atoms with Gasteiger partial charge in [0, 0.05) is 23.6 Å². The fourth-order valence-corrected chi connectivity index (χ4v) is 4.24. The monoisotopic (exact) mass is 366 g/mol. The van der Waals surface area contributed by atoms with Crippen molar-refractivity contribution in [3.05, 3.63) is 29.8 Å². The highest BCUT2D eigenvalue weighted by atomic mass is 32.2. The number of anilines is 1. The summed E-state index contributed by atoms with van der Waals surface area (Å²) in [5.74, 6) is 2.18. The molecular formula is C18H26N2O2S2. The summed E-state index contributed by atoms with van der Waals surface area (Å²) < 4.78 is 0. The van der Waals surface area contributed by atoms with Gasteiger partial charge in [-0.05, 0) is 29.4 Å². The van der Waals surface area contributed by atoms with E-state index in [4.69, 9.17) is 0 Å². The van der Waals surface area contributed by atoms with E-state index >= 15 is 0 Å². The molecule has 1 heterocycles. The summed E-state index contributed by atoms with van der Waals surface area (Å²) in [4.78, 5) is 26.8. The molecule has 1 saturated heterocycles. The Labute approximate surface area is 153 Å². The maximum atomic E-state index is 12.6.